The zero-order valence-electron chi connectivity index (χ0n) is 18.9. The molecule has 2 heteroatoms. The normalized spacial score (nSPS) is 16.7. The Kier molecular flexibility index (Phi) is 3.62. The molecule has 4 aromatic carbocycles. The summed E-state index contributed by atoms with van der Waals surface area (Å²) in [5.74, 6) is 0. The first-order chi connectivity index (χ1) is 17.4. The van der Waals surface area contributed by atoms with Crippen molar-refractivity contribution in [2.45, 2.75) is 5.41 Å². The molecule has 2 aliphatic carbocycles. The molecule has 0 aliphatic heterocycles. The monoisotopic (exact) mass is 444 g/mol. The average molecular weight is 445 g/mol. The van der Waals surface area contributed by atoms with Crippen molar-refractivity contribution in [1.29, 1.82) is 0 Å². The second kappa shape index (κ2) is 6.74. The number of hydrogen-bond donors (Lipinski definition) is 0. The lowest BCUT2D eigenvalue weighted by Gasteiger charge is -2.29. The van der Waals surface area contributed by atoms with Crippen molar-refractivity contribution < 1.29 is 0 Å². The highest BCUT2D eigenvalue weighted by Crippen LogP contribution is 2.62. The molecule has 0 saturated heterocycles. The van der Waals surface area contributed by atoms with Gasteiger partial charge in [-0.05, 0) is 68.1 Å². The van der Waals surface area contributed by atoms with Crippen molar-refractivity contribution in [3.8, 4) is 33.4 Å². The van der Waals surface area contributed by atoms with E-state index in [1.165, 1.54) is 60.8 Å². The van der Waals surface area contributed by atoms with Crippen LogP contribution in [0.1, 0.15) is 22.4 Å². The number of hydrogen-bond acceptors (Lipinski definition) is 2. The van der Waals surface area contributed by atoms with Gasteiger partial charge in [0.2, 0.25) is 0 Å². The number of aromatic nitrogens is 2. The van der Waals surface area contributed by atoms with Gasteiger partial charge in [0.1, 0.15) is 0 Å². The standard InChI is InChI=1S/C33H20N2/c1-3-12-29-24(8-1)26-15-14-22(23-10-5-7-21-16-18-34-20-28(21)23)19-31(26)33(29)30-13-4-2-9-25(30)27-11-6-17-35-32(27)33/h1-20H. The molecule has 8 rings (SSSR count). The largest absolute Gasteiger partial charge is 0.264 e. The first-order valence-corrected chi connectivity index (χ1v) is 12.0. The van der Waals surface area contributed by atoms with Crippen LogP contribution in [0, 0.1) is 0 Å². The maximum absolute atomic E-state index is 5.05. The number of fused-ring (bicyclic) bond motifs is 11. The van der Waals surface area contributed by atoms with Crippen molar-refractivity contribution >= 4 is 10.8 Å². The SMILES string of the molecule is c1ccc2c(c1)-c1ccc(-c3cccc4ccncc34)cc1C21c2ccccc2-c2cccnc21. The number of benzene rings is 4. The van der Waals surface area contributed by atoms with Gasteiger partial charge in [0.15, 0.2) is 0 Å². The molecule has 0 amide bonds. The number of pyridine rings is 2. The van der Waals surface area contributed by atoms with Gasteiger partial charge in [0.25, 0.3) is 0 Å². The minimum Gasteiger partial charge on any atom is -0.264 e. The van der Waals surface area contributed by atoms with Gasteiger partial charge >= 0.3 is 0 Å². The van der Waals surface area contributed by atoms with Crippen molar-refractivity contribution in [3.63, 3.8) is 0 Å². The Morgan fingerprint density at radius 1 is 0.514 bits per heavy atom. The molecule has 1 atom stereocenters. The van der Waals surface area contributed by atoms with Crippen LogP contribution in [-0.4, -0.2) is 9.97 Å². The lowest BCUT2D eigenvalue weighted by molar-refractivity contribution is 0.760. The van der Waals surface area contributed by atoms with Crippen molar-refractivity contribution in [3.05, 3.63) is 144 Å². The molecule has 162 valence electrons. The summed E-state index contributed by atoms with van der Waals surface area (Å²) in [6.45, 7) is 0. The summed E-state index contributed by atoms with van der Waals surface area (Å²) in [5.41, 5.74) is 12.1. The third kappa shape index (κ3) is 2.29. The molecule has 2 aliphatic rings. The summed E-state index contributed by atoms with van der Waals surface area (Å²) in [4.78, 5) is 9.47. The second-order valence-corrected chi connectivity index (χ2v) is 9.40. The van der Waals surface area contributed by atoms with E-state index in [2.05, 4.69) is 108 Å². The van der Waals surface area contributed by atoms with Crippen LogP contribution in [0.5, 0.6) is 0 Å². The molecule has 0 bridgehead atoms. The average Bonchev–Trinajstić information content (AvgIpc) is 3.40. The van der Waals surface area contributed by atoms with Gasteiger partial charge in [-0.15, -0.1) is 0 Å². The molecule has 2 aromatic heterocycles. The van der Waals surface area contributed by atoms with Crippen molar-refractivity contribution in [1.82, 2.24) is 9.97 Å². The summed E-state index contributed by atoms with van der Waals surface area (Å²) in [6.07, 6.45) is 5.77. The Morgan fingerprint density at radius 3 is 2.09 bits per heavy atom. The summed E-state index contributed by atoms with van der Waals surface area (Å²) in [6, 6.07) is 37.5. The van der Waals surface area contributed by atoms with E-state index in [9.17, 15) is 0 Å². The second-order valence-electron chi connectivity index (χ2n) is 9.40. The third-order valence-corrected chi connectivity index (χ3v) is 7.82. The predicted octanol–water partition coefficient (Wildman–Crippen LogP) is 7.64. The Hall–Kier alpha value is -4.56. The Morgan fingerprint density at radius 2 is 1.23 bits per heavy atom. The molecule has 0 saturated carbocycles. The lowest BCUT2D eigenvalue weighted by atomic mass is 9.72. The van der Waals surface area contributed by atoms with Crippen LogP contribution < -0.4 is 0 Å². The highest BCUT2D eigenvalue weighted by atomic mass is 14.7. The molecule has 1 spiro atoms. The molecule has 6 aromatic rings. The van der Waals surface area contributed by atoms with Gasteiger partial charge in [-0.25, -0.2) is 0 Å². The van der Waals surface area contributed by atoms with Gasteiger partial charge in [-0.1, -0.05) is 84.9 Å². The Balaban J connectivity index is 1.51. The smallest absolute Gasteiger partial charge is 0.0898 e. The summed E-state index contributed by atoms with van der Waals surface area (Å²) < 4.78 is 0. The molecule has 0 radical (unpaired) electrons. The molecule has 0 fully saturated rings. The Bertz CT molecular complexity index is 1750. The van der Waals surface area contributed by atoms with E-state index in [1.807, 2.05) is 18.6 Å². The van der Waals surface area contributed by atoms with Gasteiger partial charge in [-0.3, -0.25) is 9.97 Å². The first-order valence-electron chi connectivity index (χ1n) is 12.0. The molecular weight excluding hydrogens is 424 g/mol. The summed E-state index contributed by atoms with van der Waals surface area (Å²) in [7, 11) is 0. The van der Waals surface area contributed by atoms with Gasteiger partial charge in [0, 0.05) is 29.5 Å². The van der Waals surface area contributed by atoms with E-state index in [4.69, 9.17) is 4.98 Å². The van der Waals surface area contributed by atoms with E-state index in [-0.39, 0.29) is 0 Å². The zero-order valence-corrected chi connectivity index (χ0v) is 18.9. The molecule has 1 unspecified atom stereocenters. The van der Waals surface area contributed by atoms with Gasteiger partial charge < -0.3 is 0 Å². The third-order valence-electron chi connectivity index (χ3n) is 7.82. The van der Waals surface area contributed by atoms with E-state index in [0.29, 0.717) is 0 Å². The lowest BCUT2D eigenvalue weighted by Crippen LogP contribution is -2.27. The van der Waals surface area contributed by atoms with E-state index in [1.54, 1.807) is 0 Å². The molecule has 35 heavy (non-hydrogen) atoms. The molecule has 2 nitrogen and oxygen atoms in total. The Labute approximate surface area is 203 Å². The van der Waals surface area contributed by atoms with E-state index < -0.39 is 5.41 Å². The topological polar surface area (TPSA) is 25.8 Å². The fraction of sp³-hybridized carbons (Fsp3) is 0.0303. The summed E-state index contributed by atoms with van der Waals surface area (Å²) in [5, 5.41) is 2.37. The maximum Gasteiger partial charge on any atom is 0.0898 e. The van der Waals surface area contributed by atoms with Crippen LogP contribution in [0.15, 0.2) is 122 Å². The van der Waals surface area contributed by atoms with E-state index >= 15 is 0 Å². The molecule has 0 N–H and O–H groups in total. The van der Waals surface area contributed by atoms with Gasteiger partial charge in [-0.2, -0.15) is 0 Å². The molecular formula is C33H20N2. The highest BCUT2D eigenvalue weighted by Gasteiger charge is 2.52. The van der Waals surface area contributed by atoms with Crippen LogP contribution in [0.4, 0.5) is 0 Å². The number of nitrogens with zero attached hydrogens (tertiary/aromatic N) is 2. The highest BCUT2D eigenvalue weighted by molar-refractivity contribution is 5.99. The van der Waals surface area contributed by atoms with Crippen LogP contribution >= 0.6 is 0 Å². The van der Waals surface area contributed by atoms with Crippen LogP contribution in [0.2, 0.25) is 0 Å². The number of rotatable bonds is 1. The van der Waals surface area contributed by atoms with Crippen molar-refractivity contribution in [2.24, 2.45) is 0 Å². The predicted molar refractivity (Wildman–Crippen MR) is 141 cm³/mol. The molecule has 2 heterocycles. The first kappa shape index (κ1) is 18.8. The van der Waals surface area contributed by atoms with Crippen molar-refractivity contribution in [2.75, 3.05) is 0 Å². The van der Waals surface area contributed by atoms with Gasteiger partial charge in [0.05, 0.1) is 11.1 Å². The van der Waals surface area contributed by atoms with Crippen LogP contribution in [0.25, 0.3) is 44.2 Å². The minimum absolute atomic E-state index is 0.419. The maximum atomic E-state index is 5.05. The van der Waals surface area contributed by atoms with Crippen LogP contribution in [0.3, 0.4) is 0 Å². The van der Waals surface area contributed by atoms with Crippen LogP contribution in [-0.2, 0) is 5.41 Å². The zero-order chi connectivity index (χ0) is 23.0. The fourth-order valence-electron chi connectivity index (χ4n) is 6.45. The van der Waals surface area contributed by atoms with E-state index in [0.717, 1.165) is 5.69 Å². The minimum atomic E-state index is -0.419. The quantitative estimate of drug-likeness (QED) is 0.260. The summed E-state index contributed by atoms with van der Waals surface area (Å²) >= 11 is 0. The fourth-order valence-corrected chi connectivity index (χ4v) is 6.45.